The Kier molecular flexibility index (Phi) is 7.87. The minimum absolute atomic E-state index is 0.576. The second-order valence-electron chi connectivity index (χ2n) is 17.4. The van der Waals surface area contributed by atoms with Gasteiger partial charge in [-0.05, 0) is 90.2 Å². The van der Waals surface area contributed by atoms with Crippen LogP contribution in [-0.2, 0) is 5.41 Å². The van der Waals surface area contributed by atoms with Crippen LogP contribution < -0.4 is 0 Å². The number of hydrogen-bond acceptors (Lipinski definition) is 3. The van der Waals surface area contributed by atoms with Gasteiger partial charge in [0.15, 0.2) is 11.6 Å². The standard InChI is InChI=1S/C62H38N4/c1-5-19-39(20-6-1)43-33-35-45-46-36-34-44(40-21-7-2-8-22-40)38-53(46)62(52(45)37-43)51-31-17-15-29-49(51)55-47-27-13-14-28-48(47)56-50-30-16-18-32-54(50)66(58(56)57(55)62)61-64-59(41-23-9-3-10-24-41)63-60(65-61)42-25-11-4-12-26-42/h1-38H. The van der Waals surface area contributed by atoms with Crippen LogP contribution in [0.2, 0.25) is 0 Å². The van der Waals surface area contributed by atoms with Gasteiger partial charge in [0.25, 0.3) is 0 Å². The van der Waals surface area contributed by atoms with Gasteiger partial charge in [0.1, 0.15) is 0 Å². The first kappa shape index (κ1) is 36.7. The molecular formula is C62H38N4. The van der Waals surface area contributed by atoms with Crippen molar-refractivity contribution in [2.75, 3.05) is 0 Å². The van der Waals surface area contributed by atoms with E-state index in [2.05, 4.69) is 199 Å². The summed E-state index contributed by atoms with van der Waals surface area (Å²) in [5.74, 6) is 1.82. The Bertz CT molecular complexity index is 3770. The summed E-state index contributed by atoms with van der Waals surface area (Å²) in [5, 5.41) is 4.76. The van der Waals surface area contributed by atoms with Crippen LogP contribution >= 0.6 is 0 Å². The monoisotopic (exact) mass is 838 g/mol. The molecule has 0 N–H and O–H groups in total. The lowest BCUT2D eigenvalue weighted by Gasteiger charge is -2.32. The van der Waals surface area contributed by atoms with Crippen molar-refractivity contribution >= 4 is 32.6 Å². The molecule has 12 aromatic rings. The number of fused-ring (bicyclic) bond motifs is 17. The van der Waals surface area contributed by atoms with Crippen molar-refractivity contribution in [3.63, 3.8) is 0 Å². The highest BCUT2D eigenvalue weighted by Gasteiger charge is 2.54. The molecule has 306 valence electrons. The van der Waals surface area contributed by atoms with Crippen molar-refractivity contribution in [3.05, 3.63) is 253 Å². The summed E-state index contributed by atoms with van der Waals surface area (Å²) in [5.41, 5.74) is 18.0. The fourth-order valence-electron chi connectivity index (χ4n) is 11.3. The Morgan fingerprint density at radius 1 is 0.333 bits per heavy atom. The fourth-order valence-corrected chi connectivity index (χ4v) is 11.3. The largest absolute Gasteiger partial charge is 0.277 e. The van der Waals surface area contributed by atoms with Gasteiger partial charge in [-0.2, -0.15) is 9.97 Å². The van der Waals surface area contributed by atoms with Gasteiger partial charge < -0.3 is 0 Å². The van der Waals surface area contributed by atoms with Crippen molar-refractivity contribution in [1.82, 2.24) is 19.5 Å². The van der Waals surface area contributed by atoms with E-state index in [0.29, 0.717) is 17.6 Å². The average molecular weight is 839 g/mol. The molecular weight excluding hydrogens is 801 g/mol. The zero-order valence-corrected chi connectivity index (χ0v) is 35.7. The van der Waals surface area contributed by atoms with Crippen LogP contribution in [0.3, 0.4) is 0 Å². The Hall–Kier alpha value is -8.73. The summed E-state index contributed by atoms with van der Waals surface area (Å²) in [6.45, 7) is 0. The van der Waals surface area contributed by atoms with Crippen LogP contribution in [0, 0.1) is 0 Å². The first-order valence-electron chi connectivity index (χ1n) is 22.6. The highest BCUT2D eigenvalue weighted by atomic mass is 15.2. The van der Waals surface area contributed by atoms with E-state index >= 15 is 0 Å². The molecule has 0 saturated heterocycles. The second kappa shape index (κ2) is 14.1. The number of aromatic nitrogens is 4. The molecule has 0 radical (unpaired) electrons. The maximum Gasteiger partial charge on any atom is 0.238 e. The Balaban J connectivity index is 1.21. The summed E-state index contributed by atoms with van der Waals surface area (Å²) in [6.07, 6.45) is 0. The minimum Gasteiger partial charge on any atom is -0.277 e. The van der Waals surface area contributed by atoms with Crippen LogP contribution in [0.1, 0.15) is 22.3 Å². The molecule has 2 heterocycles. The van der Waals surface area contributed by atoms with E-state index in [-0.39, 0.29) is 0 Å². The Morgan fingerprint density at radius 2 is 0.803 bits per heavy atom. The summed E-state index contributed by atoms with van der Waals surface area (Å²) in [4.78, 5) is 16.1. The summed E-state index contributed by atoms with van der Waals surface area (Å²) < 4.78 is 2.36. The van der Waals surface area contributed by atoms with Gasteiger partial charge in [0.05, 0.1) is 16.4 Å². The lowest BCUT2D eigenvalue weighted by molar-refractivity contribution is 0.796. The molecule has 2 aliphatic rings. The third kappa shape index (κ3) is 5.12. The molecule has 1 spiro atoms. The second-order valence-corrected chi connectivity index (χ2v) is 17.4. The number of para-hydroxylation sites is 1. The van der Waals surface area contributed by atoms with Crippen LogP contribution in [-0.4, -0.2) is 19.5 Å². The van der Waals surface area contributed by atoms with Gasteiger partial charge in [-0.15, -0.1) is 0 Å². The number of nitrogens with zero attached hydrogens (tertiary/aromatic N) is 4. The van der Waals surface area contributed by atoms with Crippen molar-refractivity contribution in [2.45, 2.75) is 5.41 Å². The fraction of sp³-hybridized carbons (Fsp3) is 0.0161. The van der Waals surface area contributed by atoms with E-state index in [0.717, 1.165) is 27.5 Å². The van der Waals surface area contributed by atoms with E-state index in [1.165, 1.54) is 82.9 Å². The van der Waals surface area contributed by atoms with Crippen molar-refractivity contribution < 1.29 is 0 Å². The Morgan fingerprint density at radius 3 is 1.38 bits per heavy atom. The normalized spacial score (nSPS) is 13.0. The molecule has 0 unspecified atom stereocenters. The molecule has 14 rings (SSSR count). The molecule has 4 nitrogen and oxygen atoms in total. The zero-order chi connectivity index (χ0) is 43.3. The molecule has 2 aliphatic carbocycles. The highest BCUT2D eigenvalue weighted by Crippen LogP contribution is 2.66. The molecule has 10 aromatic carbocycles. The molecule has 0 fully saturated rings. The molecule has 0 aliphatic heterocycles. The van der Waals surface area contributed by atoms with E-state index in [1.54, 1.807) is 0 Å². The van der Waals surface area contributed by atoms with Crippen molar-refractivity contribution in [1.29, 1.82) is 0 Å². The predicted molar refractivity (Wildman–Crippen MR) is 270 cm³/mol. The number of benzene rings is 10. The van der Waals surface area contributed by atoms with Gasteiger partial charge in [0.2, 0.25) is 5.95 Å². The van der Waals surface area contributed by atoms with E-state index in [4.69, 9.17) is 15.0 Å². The number of rotatable bonds is 5. The summed E-state index contributed by atoms with van der Waals surface area (Å²) in [7, 11) is 0. The van der Waals surface area contributed by atoms with Gasteiger partial charge in [-0.3, -0.25) is 4.57 Å². The maximum absolute atomic E-state index is 5.48. The molecule has 66 heavy (non-hydrogen) atoms. The van der Waals surface area contributed by atoms with Crippen LogP contribution in [0.25, 0.3) is 106 Å². The van der Waals surface area contributed by atoms with E-state index in [9.17, 15) is 0 Å². The third-order valence-corrected chi connectivity index (χ3v) is 14.0. The average Bonchev–Trinajstić information content (AvgIpc) is 4.01. The topological polar surface area (TPSA) is 43.6 Å². The van der Waals surface area contributed by atoms with E-state index in [1.807, 2.05) is 36.4 Å². The van der Waals surface area contributed by atoms with Crippen LogP contribution in [0.4, 0.5) is 0 Å². The molecule has 0 amide bonds. The first-order chi connectivity index (χ1) is 32.8. The smallest absolute Gasteiger partial charge is 0.238 e. The zero-order valence-electron chi connectivity index (χ0n) is 35.7. The molecule has 0 bridgehead atoms. The lowest BCUT2D eigenvalue weighted by Crippen LogP contribution is -2.27. The predicted octanol–water partition coefficient (Wildman–Crippen LogP) is 15.1. The van der Waals surface area contributed by atoms with Crippen LogP contribution in [0.15, 0.2) is 231 Å². The van der Waals surface area contributed by atoms with Crippen LogP contribution in [0.5, 0.6) is 0 Å². The first-order valence-corrected chi connectivity index (χ1v) is 22.6. The SMILES string of the molecule is c1ccc(-c2ccc3c(c2)C2(c4cc(-c5ccccc5)ccc4-3)c3ccccc3-c3c2c2c(c4ccccc34)c3ccccc3n2-c2nc(-c3ccccc3)nc(-c3ccccc3)n2)cc1. The van der Waals surface area contributed by atoms with Crippen molar-refractivity contribution in [3.8, 4) is 73.2 Å². The van der Waals surface area contributed by atoms with E-state index < -0.39 is 5.41 Å². The van der Waals surface area contributed by atoms with Crippen molar-refractivity contribution in [2.24, 2.45) is 0 Å². The van der Waals surface area contributed by atoms with Gasteiger partial charge >= 0.3 is 0 Å². The summed E-state index contributed by atoms with van der Waals surface area (Å²) in [6, 6.07) is 83.5. The molecule has 2 aromatic heterocycles. The summed E-state index contributed by atoms with van der Waals surface area (Å²) >= 11 is 0. The molecule has 4 heteroatoms. The minimum atomic E-state index is -0.738. The molecule has 0 atom stereocenters. The van der Waals surface area contributed by atoms with Gasteiger partial charge in [0, 0.05) is 27.5 Å². The third-order valence-electron chi connectivity index (χ3n) is 14.0. The highest BCUT2D eigenvalue weighted by molar-refractivity contribution is 6.27. The lowest BCUT2D eigenvalue weighted by atomic mass is 9.69. The maximum atomic E-state index is 5.48. The molecule has 0 saturated carbocycles. The van der Waals surface area contributed by atoms with Gasteiger partial charge in [-0.25, -0.2) is 4.98 Å². The van der Waals surface area contributed by atoms with Gasteiger partial charge in [-0.1, -0.05) is 212 Å². The quantitative estimate of drug-likeness (QED) is 0.173. The Labute approximate surface area is 381 Å². The number of hydrogen-bond donors (Lipinski definition) is 0.